The molecule has 3 aromatic heterocycles. The third-order valence-electron chi connectivity index (χ3n) is 5.53. The summed E-state index contributed by atoms with van der Waals surface area (Å²) in [6, 6.07) is 11.9. The summed E-state index contributed by atoms with van der Waals surface area (Å²) in [5.74, 6) is 0.735. The summed E-state index contributed by atoms with van der Waals surface area (Å²) in [5.41, 5.74) is 4.13. The molecule has 0 bridgehead atoms. The molecule has 1 aliphatic carbocycles. The van der Waals surface area contributed by atoms with Crippen LogP contribution >= 0.6 is 11.3 Å². The third kappa shape index (κ3) is 4.09. The minimum Gasteiger partial charge on any atom is -0.497 e. The summed E-state index contributed by atoms with van der Waals surface area (Å²) < 4.78 is 7.31. The minimum absolute atomic E-state index is 0.0542. The van der Waals surface area contributed by atoms with E-state index in [0.717, 1.165) is 52.2 Å². The lowest BCUT2D eigenvalue weighted by molar-refractivity contribution is -0.117. The average molecular weight is 431 g/mol. The fourth-order valence-corrected chi connectivity index (χ4v) is 4.60. The summed E-state index contributed by atoms with van der Waals surface area (Å²) in [7, 11) is 1.66. The Morgan fingerprint density at radius 3 is 3.10 bits per heavy atom. The number of nitrogens with one attached hydrogen (secondary N) is 1. The zero-order valence-electron chi connectivity index (χ0n) is 17.1. The highest BCUT2D eigenvalue weighted by Gasteiger charge is 2.23. The second kappa shape index (κ2) is 8.35. The number of rotatable bonds is 5. The monoisotopic (exact) mass is 430 g/mol. The standard InChI is InChI=1S/C24H22N4O2S/c1-30-18-5-8-22-20(14-18)23(10-11-25-22)28-15-16-13-17(4-7-21(16)27-28)26-24(29)9-6-19-3-2-12-31-19/h2-3,5-6,8-12,14-15,17H,4,7,13H2,1H3,(H,26,29)/b9-6-. The Kier molecular flexibility index (Phi) is 5.26. The Balaban J connectivity index is 1.35. The number of carbonyl (C=O) groups is 1. The van der Waals surface area contributed by atoms with Gasteiger partial charge in [-0.3, -0.25) is 9.78 Å². The maximum atomic E-state index is 12.3. The maximum absolute atomic E-state index is 12.3. The predicted molar refractivity (Wildman–Crippen MR) is 123 cm³/mol. The number of nitrogens with zero attached hydrogens (tertiary/aromatic N) is 3. The predicted octanol–water partition coefficient (Wildman–Crippen LogP) is 4.18. The number of pyridine rings is 1. The highest BCUT2D eigenvalue weighted by molar-refractivity contribution is 7.10. The fourth-order valence-electron chi connectivity index (χ4n) is 3.98. The van der Waals surface area contributed by atoms with Gasteiger partial charge in [-0.15, -0.1) is 11.3 Å². The number of aryl methyl sites for hydroxylation is 1. The SMILES string of the molecule is COc1ccc2nccc(-n3cc4c(n3)CCC(NC(=O)/C=C\c3cccs3)C4)c2c1. The number of fused-ring (bicyclic) bond motifs is 2. The van der Waals surface area contributed by atoms with Crippen molar-refractivity contribution >= 4 is 34.2 Å². The van der Waals surface area contributed by atoms with Crippen LogP contribution in [0.2, 0.25) is 0 Å². The molecule has 156 valence electrons. The summed E-state index contributed by atoms with van der Waals surface area (Å²) in [6.07, 6.45) is 9.84. The zero-order valence-corrected chi connectivity index (χ0v) is 17.9. The molecule has 31 heavy (non-hydrogen) atoms. The molecule has 7 heteroatoms. The largest absolute Gasteiger partial charge is 0.497 e. The van der Waals surface area contributed by atoms with Crippen LogP contribution in [0.4, 0.5) is 0 Å². The van der Waals surface area contributed by atoms with Crippen LogP contribution in [-0.4, -0.2) is 33.8 Å². The first-order valence-electron chi connectivity index (χ1n) is 10.2. The molecular weight excluding hydrogens is 408 g/mol. The van der Waals surface area contributed by atoms with E-state index in [4.69, 9.17) is 9.84 Å². The normalized spacial score (nSPS) is 15.8. The van der Waals surface area contributed by atoms with Gasteiger partial charge in [0.1, 0.15) is 5.75 Å². The number of benzene rings is 1. The molecule has 5 rings (SSSR count). The van der Waals surface area contributed by atoms with Crippen molar-refractivity contribution in [3.8, 4) is 11.4 Å². The van der Waals surface area contributed by atoms with Gasteiger partial charge in [0.15, 0.2) is 0 Å². The van der Waals surface area contributed by atoms with Crippen LogP contribution in [0.15, 0.2) is 60.2 Å². The molecule has 4 aromatic rings. The number of ether oxygens (including phenoxy) is 1. The molecular formula is C24H22N4O2S. The van der Waals surface area contributed by atoms with E-state index >= 15 is 0 Å². The van der Waals surface area contributed by atoms with E-state index in [1.54, 1.807) is 30.7 Å². The number of methoxy groups -OCH3 is 1. The van der Waals surface area contributed by atoms with E-state index in [1.165, 1.54) is 5.56 Å². The average Bonchev–Trinajstić information content (AvgIpc) is 3.46. The van der Waals surface area contributed by atoms with Crippen LogP contribution in [-0.2, 0) is 17.6 Å². The highest BCUT2D eigenvalue weighted by Crippen LogP contribution is 2.27. The number of carbonyl (C=O) groups excluding carboxylic acids is 1. The van der Waals surface area contributed by atoms with Gasteiger partial charge in [-0.05, 0) is 66.6 Å². The van der Waals surface area contributed by atoms with Gasteiger partial charge in [-0.2, -0.15) is 5.10 Å². The first kappa shape index (κ1) is 19.5. The van der Waals surface area contributed by atoms with E-state index in [0.29, 0.717) is 0 Å². The second-order valence-corrected chi connectivity index (χ2v) is 8.54. The molecule has 1 aromatic carbocycles. The van der Waals surface area contributed by atoms with Gasteiger partial charge >= 0.3 is 0 Å². The zero-order chi connectivity index (χ0) is 21.2. The van der Waals surface area contributed by atoms with Gasteiger partial charge in [0.25, 0.3) is 0 Å². The van der Waals surface area contributed by atoms with Gasteiger partial charge in [-0.1, -0.05) is 6.07 Å². The van der Waals surface area contributed by atoms with Crippen molar-refractivity contribution < 1.29 is 9.53 Å². The van der Waals surface area contributed by atoms with Crippen molar-refractivity contribution in [3.05, 3.63) is 76.4 Å². The molecule has 1 amide bonds. The molecule has 3 heterocycles. The van der Waals surface area contributed by atoms with E-state index in [-0.39, 0.29) is 11.9 Å². The van der Waals surface area contributed by atoms with Crippen LogP contribution in [0.1, 0.15) is 22.6 Å². The summed E-state index contributed by atoms with van der Waals surface area (Å²) in [4.78, 5) is 17.8. The van der Waals surface area contributed by atoms with Gasteiger partial charge in [0, 0.05) is 34.8 Å². The van der Waals surface area contributed by atoms with Crippen LogP contribution in [0, 0.1) is 0 Å². The Labute approximate surface area is 184 Å². The Morgan fingerprint density at radius 2 is 2.26 bits per heavy atom. The van der Waals surface area contributed by atoms with Crippen molar-refractivity contribution in [3.63, 3.8) is 0 Å². The molecule has 1 unspecified atom stereocenters. The van der Waals surface area contributed by atoms with E-state index in [9.17, 15) is 4.79 Å². The Bertz CT molecular complexity index is 1260. The molecule has 6 nitrogen and oxygen atoms in total. The summed E-state index contributed by atoms with van der Waals surface area (Å²) in [6.45, 7) is 0. The van der Waals surface area contributed by atoms with E-state index < -0.39 is 0 Å². The molecule has 0 saturated heterocycles. The van der Waals surface area contributed by atoms with E-state index in [1.807, 2.05) is 52.5 Å². The molecule has 1 N–H and O–H groups in total. The third-order valence-corrected chi connectivity index (χ3v) is 6.37. The Morgan fingerprint density at radius 1 is 1.32 bits per heavy atom. The van der Waals surface area contributed by atoms with Crippen LogP contribution in [0.3, 0.4) is 0 Å². The lowest BCUT2D eigenvalue weighted by Crippen LogP contribution is -2.37. The quantitative estimate of drug-likeness (QED) is 0.483. The molecule has 0 spiro atoms. The first-order chi connectivity index (χ1) is 15.2. The second-order valence-electron chi connectivity index (χ2n) is 7.56. The number of thiophene rings is 1. The Hall–Kier alpha value is -3.45. The molecule has 0 saturated carbocycles. The van der Waals surface area contributed by atoms with E-state index in [2.05, 4.69) is 16.5 Å². The van der Waals surface area contributed by atoms with Crippen LogP contribution < -0.4 is 10.1 Å². The van der Waals surface area contributed by atoms with Crippen molar-refractivity contribution in [2.75, 3.05) is 7.11 Å². The fraction of sp³-hybridized carbons (Fsp3) is 0.208. The first-order valence-corrected chi connectivity index (χ1v) is 11.1. The van der Waals surface area contributed by atoms with Gasteiger partial charge in [0.2, 0.25) is 5.91 Å². The van der Waals surface area contributed by atoms with Crippen molar-refractivity contribution in [1.29, 1.82) is 0 Å². The molecule has 0 aliphatic heterocycles. The maximum Gasteiger partial charge on any atom is 0.244 e. The van der Waals surface area contributed by atoms with Gasteiger partial charge < -0.3 is 10.1 Å². The number of hydrogen-bond acceptors (Lipinski definition) is 5. The van der Waals surface area contributed by atoms with Crippen LogP contribution in [0.25, 0.3) is 22.7 Å². The van der Waals surface area contributed by atoms with Crippen molar-refractivity contribution in [2.45, 2.75) is 25.3 Å². The highest BCUT2D eigenvalue weighted by atomic mass is 32.1. The summed E-state index contributed by atoms with van der Waals surface area (Å²) in [5, 5.41) is 11.0. The summed E-state index contributed by atoms with van der Waals surface area (Å²) >= 11 is 1.62. The van der Waals surface area contributed by atoms with Gasteiger partial charge in [0.05, 0.1) is 24.0 Å². The van der Waals surface area contributed by atoms with Crippen LogP contribution in [0.5, 0.6) is 5.75 Å². The molecule has 1 aliphatic rings. The molecule has 0 radical (unpaired) electrons. The number of aromatic nitrogens is 3. The molecule has 1 atom stereocenters. The lowest BCUT2D eigenvalue weighted by atomic mass is 9.93. The van der Waals surface area contributed by atoms with Gasteiger partial charge in [-0.25, -0.2) is 4.68 Å². The molecule has 0 fully saturated rings. The smallest absolute Gasteiger partial charge is 0.244 e. The minimum atomic E-state index is -0.0542. The van der Waals surface area contributed by atoms with Crippen molar-refractivity contribution in [2.24, 2.45) is 0 Å². The lowest BCUT2D eigenvalue weighted by Gasteiger charge is -2.21. The number of hydrogen-bond donors (Lipinski definition) is 1. The van der Waals surface area contributed by atoms with Crippen molar-refractivity contribution in [1.82, 2.24) is 20.1 Å². The topological polar surface area (TPSA) is 69.0 Å². The number of amides is 1.